The predicted octanol–water partition coefficient (Wildman–Crippen LogP) is 2.99. The van der Waals surface area contributed by atoms with Crippen LogP contribution in [0.15, 0.2) is 36.7 Å². The topological polar surface area (TPSA) is 50.2 Å². The van der Waals surface area contributed by atoms with Gasteiger partial charge in [-0.15, -0.1) is 0 Å². The van der Waals surface area contributed by atoms with Gasteiger partial charge >= 0.3 is 0 Å². The molecular formula is C18H23ClN4O. The van der Waals surface area contributed by atoms with Gasteiger partial charge in [-0.1, -0.05) is 11.6 Å². The summed E-state index contributed by atoms with van der Waals surface area (Å²) in [6, 6.07) is 7.40. The summed E-state index contributed by atoms with van der Waals surface area (Å²) in [7, 11) is 1.98. The molecule has 1 saturated heterocycles. The van der Waals surface area contributed by atoms with Crippen molar-refractivity contribution in [2.24, 2.45) is 5.92 Å². The van der Waals surface area contributed by atoms with Crippen LogP contribution in [0.4, 0.5) is 0 Å². The lowest BCUT2D eigenvalue weighted by Gasteiger charge is -2.31. The van der Waals surface area contributed by atoms with Crippen LogP contribution < -0.4 is 5.32 Å². The maximum Gasteiger partial charge on any atom is 0.257 e. The Labute approximate surface area is 147 Å². The van der Waals surface area contributed by atoms with Crippen LogP contribution in [0.3, 0.4) is 0 Å². The van der Waals surface area contributed by atoms with Gasteiger partial charge in [-0.05, 0) is 63.0 Å². The second kappa shape index (κ2) is 7.81. The number of hydrogen-bond acceptors (Lipinski definition) is 3. The molecular weight excluding hydrogens is 324 g/mol. The summed E-state index contributed by atoms with van der Waals surface area (Å²) in [6.45, 7) is 2.71. The molecule has 1 N–H and O–H groups in total. The first kappa shape index (κ1) is 17.0. The third-order valence-corrected chi connectivity index (χ3v) is 4.88. The van der Waals surface area contributed by atoms with Gasteiger partial charge in [-0.25, -0.2) is 4.68 Å². The molecule has 0 saturated carbocycles. The first-order chi connectivity index (χ1) is 11.7. The highest BCUT2D eigenvalue weighted by Crippen LogP contribution is 2.22. The lowest BCUT2D eigenvalue weighted by Crippen LogP contribution is -2.38. The molecule has 1 fully saturated rings. The number of benzene rings is 1. The maximum absolute atomic E-state index is 12.7. The van der Waals surface area contributed by atoms with Gasteiger partial charge in [-0.3, -0.25) is 4.79 Å². The monoisotopic (exact) mass is 346 g/mol. The number of aromatic nitrogens is 2. The molecule has 6 heteroatoms. The van der Waals surface area contributed by atoms with E-state index in [1.807, 2.05) is 36.2 Å². The Bertz CT molecular complexity index is 675. The van der Waals surface area contributed by atoms with E-state index in [0.29, 0.717) is 10.6 Å². The second-order valence-corrected chi connectivity index (χ2v) is 6.71. The lowest BCUT2D eigenvalue weighted by atomic mass is 9.93. The largest absolute Gasteiger partial charge is 0.339 e. The Morgan fingerprint density at radius 1 is 1.29 bits per heavy atom. The average Bonchev–Trinajstić information content (AvgIpc) is 3.10. The summed E-state index contributed by atoms with van der Waals surface area (Å²) in [5.41, 5.74) is 1.53. The van der Waals surface area contributed by atoms with Crippen LogP contribution >= 0.6 is 11.6 Å². The van der Waals surface area contributed by atoms with Crippen LogP contribution in [0.2, 0.25) is 5.02 Å². The van der Waals surface area contributed by atoms with Crippen molar-refractivity contribution in [1.82, 2.24) is 20.0 Å². The van der Waals surface area contributed by atoms with Crippen molar-refractivity contribution in [1.29, 1.82) is 0 Å². The predicted molar refractivity (Wildman–Crippen MR) is 95.7 cm³/mol. The summed E-state index contributed by atoms with van der Waals surface area (Å²) in [6.07, 6.45) is 6.78. The zero-order chi connectivity index (χ0) is 16.9. The molecule has 1 amide bonds. The van der Waals surface area contributed by atoms with E-state index < -0.39 is 0 Å². The van der Waals surface area contributed by atoms with Gasteiger partial charge < -0.3 is 10.2 Å². The molecule has 128 valence electrons. The van der Waals surface area contributed by atoms with E-state index in [-0.39, 0.29) is 5.91 Å². The number of carbonyl (C=O) groups excluding carboxylic acids is 1. The SMILES string of the molecule is CNCCC1CCN(C(=O)c2cnn(-c3ccc(Cl)cc3)c2)CC1. The zero-order valence-electron chi connectivity index (χ0n) is 13.9. The van der Waals surface area contributed by atoms with Crippen molar-refractivity contribution >= 4 is 17.5 Å². The fourth-order valence-corrected chi connectivity index (χ4v) is 3.25. The minimum absolute atomic E-state index is 0.0716. The van der Waals surface area contributed by atoms with Gasteiger partial charge in [0.1, 0.15) is 0 Å². The van der Waals surface area contributed by atoms with Gasteiger partial charge in [0.15, 0.2) is 0 Å². The third-order valence-electron chi connectivity index (χ3n) is 4.63. The highest BCUT2D eigenvalue weighted by molar-refractivity contribution is 6.30. The van der Waals surface area contributed by atoms with E-state index in [4.69, 9.17) is 11.6 Å². The molecule has 0 unspecified atom stereocenters. The van der Waals surface area contributed by atoms with Gasteiger partial charge in [0.25, 0.3) is 5.91 Å². The van der Waals surface area contributed by atoms with Crippen molar-refractivity contribution in [3.8, 4) is 5.69 Å². The molecule has 2 heterocycles. The molecule has 0 atom stereocenters. The smallest absolute Gasteiger partial charge is 0.257 e. The number of carbonyl (C=O) groups is 1. The van der Waals surface area contributed by atoms with E-state index in [2.05, 4.69) is 10.4 Å². The summed E-state index contributed by atoms with van der Waals surface area (Å²) < 4.78 is 1.71. The fraction of sp³-hybridized carbons (Fsp3) is 0.444. The Balaban J connectivity index is 1.61. The Kier molecular flexibility index (Phi) is 5.53. The van der Waals surface area contributed by atoms with E-state index >= 15 is 0 Å². The number of amides is 1. The quantitative estimate of drug-likeness (QED) is 0.905. The lowest BCUT2D eigenvalue weighted by molar-refractivity contribution is 0.0687. The summed E-state index contributed by atoms with van der Waals surface area (Å²) in [5.74, 6) is 0.792. The first-order valence-electron chi connectivity index (χ1n) is 8.42. The highest BCUT2D eigenvalue weighted by atomic mass is 35.5. The van der Waals surface area contributed by atoms with Crippen molar-refractivity contribution in [3.05, 3.63) is 47.2 Å². The molecule has 0 radical (unpaired) electrons. The van der Waals surface area contributed by atoms with Gasteiger partial charge in [0.05, 0.1) is 17.4 Å². The van der Waals surface area contributed by atoms with Crippen molar-refractivity contribution in [2.45, 2.75) is 19.3 Å². The van der Waals surface area contributed by atoms with E-state index in [1.54, 1.807) is 17.1 Å². The molecule has 1 aromatic carbocycles. The number of hydrogen-bond donors (Lipinski definition) is 1. The molecule has 2 aromatic rings. The minimum atomic E-state index is 0.0716. The normalized spacial score (nSPS) is 15.7. The Morgan fingerprint density at radius 3 is 2.67 bits per heavy atom. The standard InChI is InChI=1S/C18H23ClN4O/c1-20-9-6-14-7-10-22(11-8-14)18(24)15-12-21-23(13-15)17-4-2-16(19)3-5-17/h2-5,12-14,20H,6-11H2,1H3. The molecule has 24 heavy (non-hydrogen) atoms. The van der Waals surface area contributed by atoms with E-state index in [1.165, 1.54) is 6.42 Å². The number of piperidine rings is 1. The number of likely N-dealkylation sites (tertiary alicyclic amines) is 1. The van der Waals surface area contributed by atoms with E-state index in [0.717, 1.165) is 44.1 Å². The third kappa shape index (κ3) is 3.97. The number of nitrogens with one attached hydrogen (secondary N) is 1. The van der Waals surface area contributed by atoms with Gasteiger partial charge in [0.2, 0.25) is 0 Å². The van der Waals surface area contributed by atoms with Gasteiger partial charge in [-0.2, -0.15) is 5.10 Å². The van der Waals surface area contributed by atoms with Crippen molar-refractivity contribution in [2.75, 3.05) is 26.7 Å². The van der Waals surface area contributed by atoms with Crippen LogP contribution in [0.25, 0.3) is 5.69 Å². The number of nitrogens with zero attached hydrogens (tertiary/aromatic N) is 3. The van der Waals surface area contributed by atoms with Crippen molar-refractivity contribution < 1.29 is 4.79 Å². The minimum Gasteiger partial charge on any atom is -0.339 e. The molecule has 0 bridgehead atoms. The first-order valence-corrected chi connectivity index (χ1v) is 8.79. The fourth-order valence-electron chi connectivity index (χ4n) is 3.12. The van der Waals surface area contributed by atoms with Gasteiger partial charge in [0, 0.05) is 24.3 Å². The molecule has 0 aliphatic carbocycles. The van der Waals surface area contributed by atoms with E-state index in [9.17, 15) is 4.79 Å². The van der Waals surface area contributed by atoms with Crippen LogP contribution in [0.1, 0.15) is 29.6 Å². The van der Waals surface area contributed by atoms with Crippen LogP contribution in [0.5, 0.6) is 0 Å². The highest BCUT2D eigenvalue weighted by Gasteiger charge is 2.24. The molecule has 3 rings (SSSR count). The molecule has 0 spiro atoms. The van der Waals surface area contributed by atoms with Crippen LogP contribution in [-0.2, 0) is 0 Å². The second-order valence-electron chi connectivity index (χ2n) is 6.28. The van der Waals surface area contributed by atoms with Crippen LogP contribution in [-0.4, -0.2) is 47.3 Å². The summed E-state index contributed by atoms with van der Waals surface area (Å²) in [4.78, 5) is 14.6. The summed E-state index contributed by atoms with van der Waals surface area (Å²) >= 11 is 5.91. The number of rotatable bonds is 5. The van der Waals surface area contributed by atoms with Crippen LogP contribution in [0, 0.1) is 5.92 Å². The Hall–Kier alpha value is -1.85. The summed E-state index contributed by atoms with van der Waals surface area (Å²) in [5, 5.41) is 8.19. The molecule has 1 aliphatic heterocycles. The maximum atomic E-state index is 12.7. The molecule has 5 nitrogen and oxygen atoms in total. The molecule has 1 aromatic heterocycles. The Morgan fingerprint density at radius 2 is 2.00 bits per heavy atom. The zero-order valence-corrected chi connectivity index (χ0v) is 14.7. The molecule has 1 aliphatic rings. The number of halogens is 1. The van der Waals surface area contributed by atoms with Crippen molar-refractivity contribution in [3.63, 3.8) is 0 Å². The average molecular weight is 347 g/mol.